The van der Waals surface area contributed by atoms with Gasteiger partial charge in [-0.1, -0.05) is 26.7 Å². The number of rotatable bonds is 3. The average molecular weight is 238 g/mol. The van der Waals surface area contributed by atoms with Crippen molar-refractivity contribution in [3.05, 3.63) is 0 Å². The zero-order valence-corrected chi connectivity index (χ0v) is 11.2. The van der Waals surface area contributed by atoms with Crippen molar-refractivity contribution in [1.29, 1.82) is 0 Å². The normalized spacial score (nSPS) is 39.4. The van der Waals surface area contributed by atoms with E-state index < -0.39 is 5.54 Å². The first-order chi connectivity index (χ1) is 8.04. The fourth-order valence-electron chi connectivity index (χ4n) is 3.73. The lowest BCUT2D eigenvalue weighted by atomic mass is 9.69. The highest BCUT2D eigenvalue weighted by molar-refractivity contribution is 5.85. The summed E-state index contributed by atoms with van der Waals surface area (Å²) in [6.45, 7) is 4.46. The van der Waals surface area contributed by atoms with Gasteiger partial charge in [-0.3, -0.25) is 4.79 Å². The lowest BCUT2D eigenvalue weighted by molar-refractivity contribution is -0.129. The molecule has 0 aliphatic heterocycles. The molecule has 2 saturated carbocycles. The first kappa shape index (κ1) is 12.9. The van der Waals surface area contributed by atoms with E-state index in [9.17, 15) is 4.79 Å². The second-order valence-corrected chi connectivity index (χ2v) is 6.24. The van der Waals surface area contributed by atoms with Crippen LogP contribution in [0.25, 0.3) is 0 Å². The fourth-order valence-corrected chi connectivity index (χ4v) is 3.73. The van der Waals surface area contributed by atoms with Crippen LogP contribution in [0.4, 0.5) is 0 Å². The molecule has 3 N–H and O–H groups in total. The predicted octanol–water partition coefficient (Wildman–Crippen LogP) is 2.20. The largest absolute Gasteiger partial charge is 0.368 e. The van der Waals surface area contributed by atoms with Crippen LogP contribution in [-0.4, -0.2) is 17.5 Å². The summed E-state index contributed by atoms with van der Waals surface area (Å²) in [5.41, 5.74) is 5.29. The second kappa shape index (κ2) is 4.97. The topological polar surface area (TPSA) is 55.1 Å². The van der Waals surface area contributed by atoms with E-state index in [0.717, 1.165) is 25.2 Å². The fraction of sp³-hybridized carbons (Fsp3) is 0.929. The maximum Gasteiger partial charge on any atom is 0.238 e. The Morgan fingerprint density at radius 1 is 1.24 bits per heavy atom. The summed E-state index contributed by atoms with van der Waals surface area (Å²) in [5, 5.41) is 3.63. The molecule has 0 spiro atoms. The molecular weight excluding hydrogens is 212 g/mol. The van der Waals surface area contributed by atoms with Gasteiger partial charge in [-0.05, 0) is 43.9 Å². The lowest BCUT2D eigenvalue weighted by Crippen LogP contribution is -2.63. The molecule has 2 fully saturated rings. The van der Waals surface area contributed by atoms with Crippen molar-refractivity contribution in [1.82, 2.24) is 5.32 Å². The molecule has 0 heterocycles. The molecule has 2 aliphatic rings. The van der Waals surface area contributed by atoms with Crippen molar-refractivity contribution in [2.75, 3.05) is 0 Å². The molecule has 98 valence electrons. The number of carbonyl (C=O) groups is 1. The molecule has 0 bridgehead atoms. The van der Waals surface area contributed by atoms with Gasteiger partial charge in [0.15, 0.2) is 0 Å². The molecule has 3 unspecified atom stereocenters. The molecule has 3 atom stereocenters. The molecule has 17 heavy (non-hydrogen) atoms. The van der Waals surface area contributed by atoms with Crippen LogP contribution in [0.5, 0.6) is 0 Å². The summed E-state index contributed by atoms with van der Waals surface area (Å²) in [7, 11) is 0. The zero-order valence-electron chi connectivity index (χ0n) is 11.2. The Bertz CT molecular complexity index is 286. The van der Waals surface area contributed by atoms with E-state index in [1.807, 2.05) is 0 Å². The van der Waals surface area contributed by atoms with Gasteiger partial charge in [0.1, 0.15) is 5.54 Å². The average Bonchev–Trinajstić information content (AvgIpc) is 2.74. The summed E-state index contributed by atoms with van der Waals surface area (Å²) in [4.78, 5) is 11.9. The van der Waals surface area contributed by atoms with E-state index in [2.05, 4.69) is 19.2 Å². The van der Waals surface area contributed by atoms with Gasteiger partial charge in [0.05, 0.1) is 0 Å². The number of hydrogen-bond donors (Lipinski definition) is 2. The number of nitrogens with two attached hydrogens (primary N) is 1. The van der Waals surface area contributed by atoms with Gasteiger partial charge in [-0.15, -0.1) is 0 Å². The summed E-state index contributed by atoms with van der Waals surface area (Å²) >= 11 is 0. The molecule has 2 aliphatic carbocycles. The third-order valence-corrected chi connectivity index (χ3v) is 4.89. The maximum absolute atomic E-state index is 11.9. The van der Waals surface area contributed by atoms with Crippen LogP contribution in [0.2, 0.25) is 0 Å². The van der Waals surface area contributed by atoms with Crippen molar-refractivity contribution in [2.24, 2.45) is 17.6 Å². The van der Waals surface area contributed by atoms with Gasteiger partial charge < -0.3 is 11.1 Å². The van der Waals surface area contributed by atoms with E-state index in [0.29, 0.717) is 12.0 Å². The second-order valence-electron chi connectivity index (χ2n) is 6.24. The quantitative estimate of drug-likeness (QED) is 0.792. The van der Waals surface area contributed by atoms with Crippen molar-refractivity contribution in [3.8, 4) is 0 Å². The SMILES string of the molecule is CC1CCC(NC2CCCC2)(C(N)=O)C(C)C1. The molecule has 0 saturated heterocycles. The third kappa shape index (κ3) is 2.49. The number of nitrogens with one attached hydrogen (secondary N) is 1. The van der Waals surface area contributed by atoms with Crippen LogP contribution < -0.4 is 11.1 Å². The minimum atomic E-state index is -0.429. The Hall–Kier alpha value is -0.570. The highest BCUT2D eigenvalue weighted by Gasteiger charge is 2.46. The predicted molar refractivity (Wildman–Crippen MR) is 69.5 cm³/mol. The molecule has 0 aromatic heterocycles. The summed E-state index contributed by atoms with van der Waals surface area (Å²) in [6, 6.07) is 0.512. The summed E-state index contributed by atoms with van der Waals surface area (Å²) in [5.74, 6) is 0.955. The van der Waals surface area contributed by atoms with Crippen molar-refractivity contribution in [2.45, 2.75) is 70.4 Å². The Balaban J connectivity index is 2.10. The molecule has 0 radical (unpaired) electrons. The van der Waals surface area contributed by atoms with Gasteiger partial charge in [-0.2, -0.15) is 0 Å². The molecule has 1 amide bonds. The van der Waals surface area contributed by atoms with Crippen LogP contribution in [-0.2, 0) is 4.79 Å². The number of amides is 1. The number of primary amides is 1. The third-order valence-electron chi connectivity index (χ3n) is 4.89. The van der Waals surface area contributed by atoms with Crippen LogP contribution >= 0.6 is 0 Å². The molecular formula is C14H26N2O. The van der Waals surface area contributed by atoms with E-state index in [1.165, 1.54) is 25.7 Å². The maximum atomic E-state index is 11.9. The van der Waals surface area contributed by atoms with Gasteiger partial charge >= 0.3 is 0 Å². The van der Waals surface area contributed by atoms with Crippen molar-refractivity contribution in [3.63, 3.8) is 0 Å². The standard InChI is InChI=1S/C14H26N2O/c1-10-7-8-14(13(15)17,11(2)9-10)16-12-5-3-4-6-12/h10-12,16H,3-9H2,1-2H3,(H2,15,17). The molecule has 3 nitrogen and oxygen atoms in total. The smallest absolute Gasteiger partial charge is 0.238 e. The minimum absolute atomic E-state index is 0.135. The van der Waals surface area contributed by atoms with Crippen LogP contribution in [0.3, 0.4) is 0 Å². The Kier molecular flexibility index (Phi) is 3.76. The number of carbonyl (C=O) groups excluding carboxylic acids is 1. The lowest BCUT2D eigenvalue weighted by Gasteiger charge is -2.44. The molecule has 2 rings (SSSR count). The summed E-state index contributed by atoms with van der Waals surface area (Å²) < 4.78 is 0. The minimum Gasteiger partial charge on any atom is -0.368 e. The van der Waals surface area contributed by atoms with Crippen LogP contribution in [0.15, 0.2) is 0 Å². The first-order valence-electron chi connectivity index (χ1n) is 7.12. The zero-order chi connectivity index (χ0) is 12.5. The number of hydrogen-bond acceptors (Lipinski definition) is 2. The Morgan fingerprint density at radius 3 is 2.41 bits per heavy atom. The van der Waals surface area contributed by atoms with E-state index in [1.54, 1.807) is 0 Å². The van der Waals surface area contributed by atoms with E-state index >= 15 is 0 Å². The molecule has 0 aromatic carbocycles. The summed E-state index contributed by atoms with van der Waals surface area (Å²) in [6.07, 6.45) is 8.14. The van der Waals surface area contributed by atoms with E-state index in [4.69, 9.17) is 5.73 Å². The molecule has 3 heteroatoms. The molecule has 0 aromatic rings. The highest BCUT2D eigenvalue weighted by atomic mass is 16.1. The van der Waals surface area contributed by atoms with Gasteiger partial charge in [-0.25, -0.2) is 0 Å². The Labute approximate surface area is 105 Å². The monoisotopic (exact) mass is 238 g/mol. The van der Waals surface area contributed by atoms with Gasteiger partial charge in [0, 0.05) is 6.04 Å². The van der Waals surface area contributed by atoms with E-state index in [-0.39, 0.29) is 5.91 Å². The van der Waals surface area contributed by atoms with Gasteiger partial charge in [0.25, 0.3) is 0 Å². The van der Waals surface area contributed by atoms with Gasteiger partial charge in [0.2, 0.25) is 5.91 Å². The first-order valence-corrected chi connectivity index (χ1v) is 7.12. The van der Waals surface area contributed by atoms with Crippen molar-refractivity contribution >= 4 is 5.91 Å². The van der Waals surface area contributed by atoms with Crippen LogP contribution in [0, 0.1) is 11.8 Å². The highest BCUT2D eigenvalue weighted by Crippen LogP contribution is 2.38. The van der Waals surface area contributed by atoms with Crippen molar-refractivity contribution < 1.29 is 4.79 Å². The Morgan fingerprint density at radius 2 is 1.88 bits per heavy atom. The van der Waals surface area contributed by atoms with Crippen LogP contribution in [0.1, 0.15) is 58.8 Å².